The molecule has 0 amide bonds. The second-order valence-corrected chi connectivity index (χ2v) is 7.19. The van der Waals surface area contributed by atoms with Crippen molar-refractivity contribution in [2.45, 2.75) is 38.0 Å². The molecule has 1 aromatic heterocycles. The van der Waals surface area contributed by atoms with Crippen LogP contribution in [0.5, 0.6) is 0 Å². The molecule has 0 fully saturated rings. The van der Waals surface area contributed by atoms with Crippen LogP contribution in [0.1, 0.15) is 41.5 Å². The highest BCUT2D eigenvalue weighted by atomic mass is 16.1. The molecule has 1 aliphatic carbocycles. The Balaban J connectivity index is 1.86. The van der Waals surface area contributed by atoms with Gasteiger partial charge >= 0.3 is 0 Å². The van der Waals surface area contributed by atoms with Gasteiger partial charge in [-0.25, -0.2) is 0 Å². The summed E-state index contributed by atoms with van der Waals surface area (Å²) in [7, 11) is 0. The number of pyridine rings is 1. The Kier molecular flexibility index (Phi) is 3.51. The Morgan fingerprint density at radius 1 is 1.20 bits per heavy atom. The molecule has 3 heteroatoms. The molecule has 0 saturated carbocycles. The predicted octanol–water partition coefficient (Wildman–Crippen LogP) is 4.35. The number of aromatic nitrogens is 1. The highest BCUT2D eigenvalue weighted by molar-refractivity contribution is 5.80. The maximum atomic E-state index is 12.0. The summed E-state index contributed by atoms with van der Waals surface area (Å²) in [6.45, 7) is 3.83. The topological polar surface area (TPSA) is 56.6 Å². The second kappa shape index (κ2) is 5.60. The average Bonchev–Trinajstić information content (AvgIpc) is 3.06. The van der Waals surface area contributed by atoms with E-state index in [0.29, 0.717) is 5.56 Å². The molecule has 1 heterocycles. The van der Waals surface area contributed by atoms with Gasteiger partial charge in [0, 0.05) is 17.0 Å². The number of hydrogen-bond donors (Lipinski definition) is 1. The van der Waals surface area contributed by atoms with Crippen molar-refractivity contribution in [3.8, 4) is 6.07 Å². The highest BCUT2D eigenvalue weighted by Crippen LogP contribution is 2.46. The fourth-order valence-electron chi connectivity index (χ4n) is 4.13. The summed E-state index contributed by atoms with van der Waals surface area (Å²) in [6, 6.07) is 18.9. The van der Waals surface area contributed by atoms with E-state index >= 15 is 0 Å². The Bertz CT molecular complexity index is 1070. The fraction of sp³-hybridized carbons (Fsp3) is 0.273. The van der Waals surface area contributed by atoms with Gasteiger partial charge in [-0.1, -0.05) is 36.4 Å². The average molecular weight is 328 g/mol. The van der Waals surface area contributed by atoms with Gasteiger partial charge in [-0.2, -0.15) is 5.26 Å². The van der Waals surface area contributed by atoms with Crippen molar-refractivity contribution in [1.82, 2.24) is 4.98 Å². The van der Waals surface area contributed by atoms with Crippen molar-refractivity contribution < 1.29 is 0 Å². The van der Waals surface area contributed by atoms with Crippen molar-refractivity contribution in [2.24, 2.45) is 0 Å². The molecular weight excluding hydrogens is 308 g/mol. The Morgan fingerprint density at radius 3 is 2.80 bits per heavy atom. The van der Waals surface area contributed by atoms with Crippen molar-refractivity contribution in [3.05, 3.63) is 81.1 Å². The van der Waals surface area contributed by atoms with Gasteiger partial charge in [0.1, 0.15) is 0 Å². The number of aryl methyl sites for hydroxylation is 2. The Labute approximate surface area is 146 Å². The second-order valence-electron chi connectivity index (χ2n) is 7.19. The molecule has 25 heavy (non-hydrogen) atoms. The summed E-state index contributed by atoms with van der Waals surface area (Å²) in [6.07, 6.45) is 1.99. The lowest BCUT2D eigenvalue weighted by Gasteiger charge is -2.30. The molecule has 3 nitrogen and oxygen atoms in total. The lowest BCUT2D eigenvalue weighted by Crippen LogP contribution is -2.27. The van der Waals surface area contributed by atoms with Crippen LogP contribution in [0, 0.1) is 18.3 Å². The predicted molar refractivity (Wildman–Crippen MR) is 99.8 cm³/mol. The minimum atomic E-state index is -0.622. The van der Waals surface area contributed by atoms with E-state index in [2.05, 4.69) is 35.3 Å². The molecule has 0 aliphatic heterocycles. The molecule has 0 bridgehead atoms. The number of benzene rings is 2. The van der Waals surface area contributed by atoms with Crippen LogP contribution in [-0.4, -0.2) is 4.98 Å². The van der Waals surface area contributed by atoms with Gasteiger partial charge in [-0.05, 0) is 60.9 Å². The zero-order chi connectivity index (χ0) is 17.6. The highest BCUT2D eigenvalue weighted by Gasteiger charge is 2.40. The number of nitriles is 1. The van der Waals surface area contributed by atoms with Gasteiger partial charge in [0.2, 0.25) is 0 Å². The standard InChI is InChI=1S/C22H20N2O/c1-14-11-16-7-9-17(12-20(16)24-21(14)25)22(2,13-23)19-10-8-15-5-3-4-6-18(15)19/h3-7,9,11-12,19H,8,10H2,1-2H3,(H,24,25)/t19?,22-/m0/s1. The molecule has 1 N–H and O–H groups in total. The van der Waals surface area contributed by atoms with Crippen molar-refractivity contribution in [3.63, 3.8) is 0 Å². The van der Waals surface area contributed by atoms with E-state index < -0.39 is 5.41 Å². The van der Waals surface area contributed by atoms with Gasteiger partial charge in [0.15, 0.2) is 0 Å². The maximum absolute atomic E-state index is 12.0. The van der Waals surface area contributed by atoms with Crippen LogP contribution in [-0.2, 0) is 11.8 Å². The van der Waals surface area contributed by atoms with Gasteiger partial charge in [0.05, 0.1) is 11.5 Å². The first-order chi connectivity index (χ1) is 12.0. The first-order valence-corrected chi connectivity index (χ1v) is 8.66. The summed E-state index contributed by atoms with van der Waals surface area (Å²) < 4.78 is 0. The van der Waals surface area contributed by atoms with E-state index in [1.54, 1.807) is 6.92 Å². The Hall–Kier alpha value is -2.86. The summed E-state index contributed by atoms with van der Waals surface area (Å²) in [4.78, 5) is 14.9. The molecule has 124 valence electrons. The number of rotatable bonds is 2. The van der Waals surface area contributed by atoms with E-state index in [4.69, 9.17) is 0 Å². The third kappa shape index (κ3) is 2.37. The molecule has 2 atom stereocenters. The van der Waals surface area contributed by atoms with Crippen molar-refractivity contribution >= 4 is 10.9 Å². The monoisotopic (exact) mass is 328 g/mol. The number of nitrogens with zero attached hydrogens (tertiary/aromatic N) is 1. The normalized spacial score (nSPS) is 18.5. The Morgan fingerprint density at radius 2 is 2.00 bits per heavy atom. The van der Waals surface area contributed by atoms with Crippen LogP contribution in [0.3, 0.4) is 0 Å². The van der Waals surface area contributed by atoms with Gasteiger partial charge in [0.25, 0.3) is 5.56 Å². The van der Waals surface area contributed by atoms with E-state index in [0.717, 1.165) is 29.3 Å². The molecule has 3 aromatic rings. The van der Waals surface area contributed by atoms with Gasteiger partial charge < -0.3 is 4.98 Å². The molecule has 2 aromatic carbocycles. The van der Waals surface area contributed by atoms with Crippen LogP contribution in [0.25, 0.3) is 10.9 Å². The molecule has 1 unspecified atom stereocenters. The zero-order valence-corrected chi connectivity index (χ0v) is 14.5. The maximum Gasteiger partial charge on any atom is 0.251 e. The van der Waals surface area contributed by atoms with Crippen LogP contribution < -0.4 is 5.56 Å². The zero-order valence-electron chi connectivity index (χ0n) is 14.5. The van der Waals surface area contributed by atoms with Crippen molar-refractivity contribution in [2.75, 3.05) is 0 Å². The lowest BCUT2D eigenvalue weighted by atomic mass is 9.70. The minimum absolute atomic E-state index is 0.0745. The quantitative estimate of drug-likeness (QED) is 0.760. The first kappa shape index (κ1) is 15.7. The first-order valence-electron chi connectivity index (χ1n) is 8.66. The fourth-order valence-corrected chi connectivity index (χ4v) is 4.13. The number of H-pyrrole nitrogens is 1. The van der Waals surface area contributed by atoms with E-state index in [9.17, 15) is 10.1 Å². The molecule has 4 rings (SSSR count). The number of aromatic amines is 1. The van der Waals surface area contributed by atoms with Crippen molar-refractivity contribution in [1.29, 1.82) is 5.26 Å². The number of nitrogens with one attached hydrogen (secondary N) is 1. The molecule has 0 radical (unpaired) electrons. The van der Waals surface area contributed by atoms with Gasteiger partial charge in [-0.15, -0.1) is 0 Å². The minimum Gasteiger partial charge on any atom is -0.322 e. The summed E-state index contributed by atoms with van der Waals surface area (Å²) in [5.74, 6) is 0.170. The van der Waals surface area contributed by atoms with E-state index in [1.165, 1.54) is 11.1 Å². The lowest BCUT2D eigenvalue weighted by molar-refractivity contribution is 0.470. The third-order valence-electron chi connectivity index (χ3n) is 5.69. The molecule has 0 spiro atoms. The molecule has 0 saturated heterocycles. The SMILES string of the molecule is Cc1cc2ccc([C@](C)(C#N)C3CCc4ccccc43)cc2[nH]c1=O. The number of fused-ring (bicyclic) bond motifs is 2. The largest absolute Gasteiger partial charge is 0.322 e. The molecule has 1 aliphatic rings. The third-order valence-corrected chi connectivity index (χ3v) is 5.69. The van der Waals surface area contributed by atoms with Crippen LogP contribution in [0.4, 0.5) is 0 Å². The van der Waals surface area contributed by atoms with Crippen LogP contribution >= 0.6 is 0 Å². The molecular formula is C22H20N2O. The van der Waals surface area contributed by atoms with Gasteiger partial charge in [-0.3, -0.25) is 4.79 Å². The number of hydrogen-bond acceptors (Lipinski definition) is 2. The summed E-state index contributed by atoms with van der Waals surface area (Å²) >= 11 is 0. The van der Waals surface area contributed by atoms with Crippen LogP contribution in [0.15, 0.2) is 53.3 Å². The smallest absolute Gasteiger partial charge is 0.251 e. The summed E-state index contributed by atoms with van der Waals surface area (Å²) in [5, 5.41) is 11.1. The van der Waals surface area contributed by atoms with Crippen LogP contribution in [0.2, 0.25) is 0 Å². The van der Waals surface area contributed by atoms with E-state index in [1.807, 2.05) is 31.2 Å². The van der Waals surface area contributed by atoms with E-state index in [-0.39, 0.29) is 11.5 Å². The summed E-state index contributed by atoms with van der Waals surface area (Å²) in [5.41, 5.74) is 4.39.